The molecule has 0 unspecified atom stereocenters. The molecule has 1 aromatic rings. The molecule has 0 saturated carbocycles. The predicted molar refractivity (Wildman–Crippen MR) is 76.2 cm³/mol. The number of ether oxygens (including phenoxy) is 1. The molecule has 0 spiro atoms. The Hall–Kier alpha value is -0.730. The highest BCUT2D eigenvalue weighted by atomic mass is 35.5. The van der Waals surface area contributed by atoms with Crippen LogP contribution in [0.1, 0.15) is 12.8 Å². The van der Waals surface area contributed by atoms with Gasteiger partial charge in [-0.15, -0.1) is 0 Å². The maximum atomic E-state index is 13.0. The fourth-order valence-electron chi connectivity index (χ4n) is 2.26. The van der Waals surface area contributed by atoms with E-state index in [0.29, 0.717) is 26.1 Å². The van der Waals surface area contributed by atoms with E-state index in [0.717, 1.165) is 22.5 Å². The Labute approximate surface area is 128 Å². The molecule has 1 saturated heterocycles. The number of hydrogen-bond donors (Lipinski definition) is 1. The average molecular weight is 338 g/mol. The van der Waals surface area contributed by atoms with Crippen molar-refractivity contribution in [1.82, 2.24) is 4.31 Å². The lowest BCUT2D eigenvalue weighted by molar-refractivity contribution is -0.0689. The maximum absolute atomic E-state index is 13.0. The van der Waals surface area contributed by atoms with Gasteiger partial charge >= 0.3 is 0 Å². The van der Waals surface area contributed by atoms with Gasteiger partial charge in [0.25, 0.3) is 0 Å². The molecule has 1 N–H and O–H groups in total. The molecule has 2 rings (SSSR count). The van der Waals surface area contributed by atoms with E-state index in [2.05, 4.69) is 0 Å². The summed E-state index contributed by atoms with van der Waals surface area (Å²) in [6, 6.07) is 3.11. The van der Waals surface area contributed by atoms with Gasteiger partial charge < -0.3 is 9.84 Å². The fourth-order valence-corrected chi connectivity index (χ4v) is 4.01. The van der Waals surface area contributed by atoms with Gasteiger partial charge in [0.15, 0.2) is 0 Å². The molecule has 1 aliphatic rings. The van der Waals surface area contributed by atoms with Crippen molar-refractivity contribution in [3.05, 3.63) is 29.0 Å². The predicted octanol–water partition coefficient (Wildman–Crippen LogP) is 1.64. The summed E-state index contributed by atoms with van der Waals surface area (Å²) in [7, 11) is -2.53. The molecule has 0 radical (unpaired) electrons. The lowest BCUT2D eigenvalue weighted by atomic mass is 9.95. The van der Waals surface area contributed by atoms with E-state index in [1.807, 2.05) is 0 Å². The summed E-state index contributed by atoms with van der Waals surface area (Å²) in [4.78, 5) is -0.177. The molecule has 21 heavy (non-hydrogen) atoms. The van der Waals surface area contributed by atoms with Gasteiger partial charge in [-0.05, 0) is 18.2 Å². The van der Waals surface area contributed by atoms with Gasteiger partial charge in [0, 0.05) is 39.6 Å². The van der Waals surface area contributed by atoms with Gasteiger partial charge in [-0.1, -0.05) is 11.6 Å². The zero-order valence-corrected chi connectivity index (χ0v) is 13.1. The quantitative estimate of drug-likeness (QED) is 0.907. The molecule has 0 amide bonds. The van der Waals surface area contributed by atoms with Crippen molar-refractivity contribution in [3.63, 3.8) is 0 Å². The van der Waals surface area contributed by atoms with Gasteiger partial charge in [-0.2, -0.15) is 4.31 Å². The number of rotatable bonds is 4. The summed E-state index contributed by atoms with van der Waals surface area (Å²) in [6.07, 6.45) is 0.730. The molecule has 0 atom stereocenters. The Kier molecular flexibility index (Phi) is 4.89. The van der Waals surface area contributed by atoms with Crippen molar-refractivity contribution in [2.75, 3.05) is 26.8 Å². The Bertz CT molecular complexity index is 617. The van der Waals surface area contributed by atoms with Crippen LogP contribution >= 0.6 is 11.6 Å². The van der Waals surface area contributed by atoms with Crippen molar-refractivity contribution >= 4 is 21.6 Å². The van der Waals surface area contributed by atoms with Crippen LogP contribution in [0.25, 0.3) is 0 Å². The minimum Gasteiger partial charge on any atom is -0.388 e. The van der Waals surface area contributed by atoms with E-state index in [1.54, 1.807) is 0 Å². The molecular formula is C13H17ClFNO4S. The number of halogens is 2. The third-order valence-corrected chi connectivity index (χ3v) is 5.81. The van der Waals surface area contributed by atoms with Crippen molar-refractivity contribution < 1.29 is 22.7 Å². The van der Waals surface area contributed by atoms with Crippen molar-refractivity contribution in [2.24, 2.45) is 0 Å². The first-order valence-corrected chi connectivity index (χ1v) is 8.28. The van der Waals surface area contributed by atoms with Crippen LogP contribution in [-0.2, 0) is 14.8 Å². The number of sulfonamides is 1. The molecule has 1 aromatic carbocycles. The largest absolute Gasteiger partial charge is 0.388 e. The van der Waals surface area contributed by atoms with Gasteiger partial charge in [0.05, 0.1) is 10.6 Å². The second-order valence-electron chi connectivity index (χ2n) is 5.17. The zero-order chi connectivity index (χ0) is 15.7. The minimum absolute atomic E-state index is 0.0631. The highest BCUT2D eigenvalue weighted by Gasteiger charge is 2.35. The molecule has 1 heterocycles. The highest BCUT2D eigenvalue weighted by Crippen LogP contribution is 2.28. The summed E-state index contributed by atoms with van der Waals surface area (Å²) in [5, 5.41) is 10.2. The lowest BCUT2D eigenvalue weighted by Gasteiger charge is -2.35. The van der Waals surface area contributed by atoms with Crippen LogP contribution in [0.15, 0.2) is 23.1 Å². The summed E-state index contributed by atoms with van der Waals surface area (Å²) >= 11 is 5.81. The first-order valence-electron chi connectivity index (χ1n) is 6.46. The fraction of sp³-hybridized carbons (Fsp3) is 0.538. The van der Waals surface area contributed by atoms with Crippen LogP contribution in [0, 0.1) is 5.82 Å². The van der Waals surface area contributed by atoms with E-state index in [1.165, 1.54) is 7.05 Å². The van der Waals surface area contributed by atoms with Crippen LogP contribution < -0.4 is 0 Å². The standard InChI is InChI=1S/C13H17ClFNO4S/c1-16(9-13(17)4-6-20-7-5-13)21(18,19)12-3-2-10(15)8-11(12)14/h2-3,8,17H,4-7,9H2,1H3. The van der Waals surface area contributed by atoms with Gasteiger partial charge in [-0.25, -0.2) is 12.8 Å². The average Bonchev–Trinajstić information content (AvgIpc) is 2.38. The first-order chi connectivity index (χ1) is 9.74. The number of nitrogens with zero attached hydrogens (tertiary/aromatic N) is 1. The SMILES string of the molecule is CN(CC1(O)CCOCC1)S(=O)(=O)c1ccc(F)cc1Cl. The zero-order valence-electron chi connectivity index (χ0n) is 11.6. The number of benzene rings is 1. The van der Waals surface area contributed by atoms with E-state index in [4.69, 9.17) is 16.3 Å². The first kappa shape index (κ1) is 16.6. The van der Waals surface area contributed by atoms with Crippen LogP contribution in [0.5, 0.6) is 0 Å². The monoisotopic (exact) mass is 337 g/mol. The molecule has 0 aromatic heterocycles. The Balaban J connectivity index is 2.22. The van der Waals surface area contributed by atoms with Crippen molar-refractivity contribution in [2.45, 2.75) is 23.3 Å². The van der Waals surface area contributed by atoms with Crippen LogP contribution in [0.2, 0.25) is 5.02 Å². The van der Waals surface area contributed by atoms with Gasteiger partial charge in [0.1, 0.15) is 10.7 Å². The van der Waals surface area contributed by atoms with Gasteiger partial charge in [-0.3, -0.25) is 0 Å². The van der Waals surface area contributed by atoms with Crippen molar-refractivity contribution in [3.8, 4) is 0 Å². The van der Waals surface area contributed by atoms with E-state index < -0.39 is 21.4 Å². The molecule has 5 nitrogen and oxygen atoms in total. The number of likely N-dealkylation sites (N-methyl/N-ethyl adjacent to an activating group) is 1. The molecule has 1 fully saturated rings. The topological polar surface area (TPSA) is 66.8 Å². The molecule has 0 aliphatic carbocycles. The third kappa shape index (κ3) is 3.73. The van der Waals surface area contributed by atoms with Crippen LogP contribution in [0.4, 0.5) is 4.39 Å². The minimum atomic E-state index is -3.89. The second kappa shape index (κ2) is 6.18. The highest BCUT2D eigenvalue weighted by molar-refractivity contribution is 7.89. The Morgan fingerprint density at radius 1 is 1.43 bits per heavy atom. The van der Waals surface area contributed by atoms with E-state index >= 15 is 0 Å². The smallest absolute Gasteiger partial charge is 0.244 e. The van der Waals surface area contributed by atoms with Crippen LogP contribution in [0.3, 0.4) is 0 Å². The molecule has 118 valence electrons. The van der Waals surface area contributed by atoms with E-state index in [9.17, 15) is 17.9 Å². The normalized spacial score (nSPS) is 18.9. The van der Waals surface area contributed by atoms with Crippen LogP contribution in [-0.4, -0.2) is 50.2 Å². The molecule has 1 aliphatic heterocycles. The molecule has 8 heteroatoms. The third-order valence-electron chi connectivity index (χ3n) is 3.52. The summed E-state index contributed by atoms with van der Waals surface area (Å²) in [6.45, 7) is 0.718. The lowest BCUT2D eigenvalue weighted by Crippen LogP contribution is -2.47. The van der Waals surface area contributed by atoms with Gasteiger partial charge in [0.2, 0.25) is 10.0 Å². The molecule has 0 bridgehead atoms. The number of hydrogen-bond acceptors (Lipinski definition) is 4. The summed E-state index contributed by atoms with van der Waals surface area (Å²) < 4.78 is 44.1. The Morgan fingerprint density at radius 2 is 2.05 bits per heavy atom. The second-order valence-corrected chi connectivity index (χ2v) is 7.59. The maximum Gasteiger partial charge on any atom is 0.244 e. The molecular weight excluding hydrogens is 321 g/mol. The Morgan fingerprint density at radius 3 is 2.62 bits per heavy atom. The van der Waals surface area contributed by atoms with Crippen molar-refractivity contribution in [1.29, 1.82) is 0 Å². The van der Waals surface area contributed by atoms with E-state index in [-0.39, 0.29) is 16.5 Å². The summed E-state index contributed by atoms with van der Waals surface area (Å²) in [5.74, 6) is -0.607. The summed E-state index contributed by atoms with van der Waals surface area (Å²) in [5.41, 5.74) is -1.12. The number of aliphatic hydroxyl groups is 1.